The van der Waals surface area contributed by atoms with E-state index in [0.29, 0.717) is 44.9 Å². The molecule has 8 heteroatoms. The average Bonchev–Trinajstić information content (AvgIpc) is 3.12. The first-order chi connectivity index (χ1) is 11.5. The van der Waals surface area contributed by atoms with Crippen molar-refractivity contribution in [3.8, 4) is 0 Å². The Morgan fingerprint density at radius 3 is 2.46 bits per heavy atom. The molecule has 1 aromatic heterocycles. The van der Waals surface area contributed by atoms with Crippen LogP contribution in [0.3, 0.4) is 0 Å². The van der Waals surface area contributed by atoms with E-state index in [0.717, 1.165) is 5.96 Å². The van der Waals surface area contributed by atoms with Crippen molar-refractivity contribution in [1.82, 2.24) is 20.0 Å². The van der Waals surface area contributed by atoms with Gasteiger partial charge in [0.2, 0.25) is 5.91 Å². The molecular formula is C16H25N5O3. The number of hydrogen-bond donors (Lipinski definition) is 1. The van der Waals surface area contributed by atoms with Crippen LogP contribution in [0.5, 0.6) is 0 Å². The predicted molar refractivity (Wildman–Crippen MR) is 90.9 cm³/mol. The first kappa shape index (κ1) is 17.8. The van der Waals surface area contributed by atoms with Gasteiger partial charge < -0.3 is 24.4 Å². The summed E-state index contributed by atoms with van der Waals surface area (Å²) in [4.78, 5) is 33.5. The fraction of sp³-hybridized carbons (Fsp3) is 0.562. The Kier molecular flexibility index (Phi) is 6.22. The van der Waals surface area contributed by atoms with Crippen LogP contribution in [0.1, 0.15) is 17.0 Å². The first-order valence-corrected chi connectivity index (χ1v) is 8.01. The molecule has 0 spiro atoms. The summed E-state index contributed by atoms with van der Waals surface area (Å²) in [5.41, 5.74) is 0. The minimum absolute atomic E-state index is 0.0758. The van der Waals surface area contributed by atoms with Crippen LogP contribution in [-0.4, -0.2) is 86.3 Å². The molecule has 0 aliphatic carbocycles. The van der Waals surface area contributed by atoms with E-state index in [1.807, 2.05) is 0 Å². The molecule has 2 amide bonds. The second-order valence-corrected chi connectivity index (χ2v) is 5.77. The highest BCUT2D eigenvalue weighted by atomic mass is 16.3. The molecule has 1 fully saturated rings. The summed E-state index contributed by atoms with van der Waals surface area (Å²) >= 11 is 0. The van der Waals surface area contributed by atoms with E-state index in [9.17, 15) is 9.59 Å². The number of aliphatic imine (C=N–C) groups is 1. The van der Waals surface area contributed by atoms with Gasteiger partial charge in [0.15, 0.2) is 11.7 Å². The van der Waals surface area contributed by atoms with Gasteiger partial charge in [0.05, 0.1) is 6.26 Å². The van der Waals surface area contributed by atoms with Crippen molar-refractivity contribution in [2.75, 3.05) is 53.9 Å². The molecule has 1 aromatic rings. The molecule has 132 valence electrons. The van der Waals surface area contributed by atoms with Crippen LogP contribution in [0.4, 0.5) is 0 Å². The van der Waals surface area contributed by atoms with Gasteiger partial charge in [-0.3, -0.25) is 14.6 Å². The normalized spacial score (nSPS) is 15.4. The number of nitrogens with zero attached hydrogens (tertiary/aromatic N) is 4. The maximum atomic E-state index is 12.2. The summed E-state index contributed by atoms with van der Waals surface area (Å²) in [6, 6.07) is 3.39. The van der Waals surface area contributed by atoms with Gasteiger partial charge in [-0.15, -0.1) is 0 Å². The maximum Gasteiger partial charge on any atom is 0.289 e. The Bertz CT molecular complexity index is 575. The third-order valence-corrected chi connectivity index (χ3v) is 3.93. The van der Waals surface area contributed by atoms with Crippen LogP contribution in [0.2, 0.25) is 0 Å². The van der Waals surface area contributed by atoms with Gasteiger partial charge in [-0.25, -0.2) is 0 Å². The van der Waals surface area contributed by atoms with Crippen molar-refractivity contribution in [3.63, 3.8) is 0 Å². The van der Waals surface area contributed by atoms with Gasteiger partial charge in [0, 0.05) is 60.3 Å². The number of amides is 2. The summed E-state index contributed by atoms with van der Waals surface area (Å²) in [5.74, 6) is 1.12. The molecule has 2 heterocycles. The molecule has 0 aromatic carbocycles. The van der Waals surface area contributed by atoms with E-state index >= 15 is 0 Å². The van der Waals surface area contributed by atoms with Gasteiger partial charge in [-0.2, -0.15) is 0 Å². The predicted octanol–water partition coefficient (Wildman–Crippen LogP) is 0.0911. The van der Waals surface area contributed by atoms with Crippen LogP contribution >= 0.6 is 0 Å². The molecule has 0 saturated carbocycles. The highest BCUT2D eigenvalue weighted by molar-refractivity contribution is 5.91. The smallest absolute Gasteiger partial charge is 0.289 e. The zero-order valence-electron chi connectivity index (χ0n) is 14.5. The minimum atomic E-state index is -0.0841. The molecule has 2 rings (SSSR count). The Hall–Kier alpha value is -2.51. The van der Waals surface area contributed by atoms with E-state index in [2.05, 4.69) is 15.2 Å². The number of piperazine rings is 1. The largest absolute Gasteiger partial charge is 0.459 e. The van der Waals surface area contributed by atoms with E-state index in [4.69, 9.17) is 4.42 Å². The lowest BCUT2D eigenvalue weighted by molar-refractivity contribution is -0.128. The number of nitrogens with one attached hydrogen (secondary N) is 1. The fourth-order valence-electron chi connectivity index (χ4n) is 2.51. The molecule has 0 bridgehead atoms. The van der Waals surface area contributed by atoms with Gasteiger partial charge in [-0.05, 0) is 12.1 Å². The second-order valence-electron chi connectivity index (χ2n) is 5.77. The Labute approximate surface area is 142 Å². The van der Waals surface area contributed by atoms with Crippen LogP contribution in [-0.2, 0) is 4.79 Å². The van der Waals surface area contributed by atoms with Gasteiger partial charge in [0.1, 0.15) is 0 Å². The molecule has 0 atom stereocenters. The van der Waals surface area contributed by atoms with Crippen molar-refractivity contribution >= 4 is 17.8 Å². The summed E-state index contributed by atoms with van der Waals surface area (Å²) in [6.45, 7) is 3.13. The SMILES string of the molecule is CN=C(NCCC(=O)N(C)C)N1CCN(C(=O)c2ccco2)CC1. The van der Waals surface area contributed by atoms with E-state index in [1.54, 1.807) is 43.1 Å². The molecule has 1 N–H and O–H groups in total. The molecule has 8 nitrogen and oxygen atoms in total. The first-order valence-electron chi connectivity index (χ1n) is 8.01. The molecule has 24 heavy (non-hydrogen) atoms. The van der Waals surface area contributed by atoms with Crippen molar-refractivity contribution in [1.29, 1.82) is 0 Å². The highest BCUT2D eigenvalue weighted by Gasteiger charge is 2.25. The van der Waals surface area contributed by atoms with E-state index in [1.165, 1.54) is 6.26 Å². The highest BCUT2D eigenvalue weighted by Crippen LogP contribution is 2.09. The number of hydrogen-bond acceptors (Lipinski definition) is 4. The molecule has 1 aliphatic rings. The van der Waals surface area contributed by atoms with Crippen molar-refractivity contribution in [2.45, 2.75) is 6.42 Å². The zero-order chi connectivity index (χ0) is 17.5. The van der Waals surface area contributed by atoms with Crippen LogP contribution in [0.25, 0.3) is 0 Å². The summed E-state index contributed by atoms with van der Waals surface area (Å²) in [7, 11) is 5.20. The van der Waals surface area contributed by atoms with Crippen molar-refractivity contribution in [3.05, 3.63) is 24.2 Å². The minimum Gasteiger partial charge on any atom is -0.459 e. The number of carbonyl (C=O) groups is 2. The summed E-state index contributed by atoms with van der Waals surface area (Å²) in [6.07, 6.45) is 1.92. The second kappa shape index (κ2) is 8.37. The third kappa shape index (κ3) is 4.50. The molecule has 1 aliphatic heterocycles. The maximum absolute atomic E-state index is 12.2. The van der Waals surface area contributed by atoms with Gasteiger partial charge in [0.25, 0.3) is 5.91 Å². The lowest BCUT2D eigenvalue weighted by Gasteiger charge is -2.36. The number of furan rings is 1. The monoisotopic (exact) mass is 335 g/mol. The standard InChI is InChI=1S/C16H25N5O3/c1-17-16(18-7-6-14(22)19(2)3)21-10-8-20(9-11-21)15(23)13-5-4-12-24-13/h4-5,12H,6-11H2,1-3H3,(H,17,18). The Morgan fingerprint density at radius 2 is 1.92 bits per heavy atom. The van der Waals surface area contributed by atoms with Gasteiger partial charge >= 0.3 is 0 Å². The van der Waals surface area contributed by atoms with Crippen LogP contribution in [0.15, 0.2) is 27.8 Å². The van der Waals surface area contributed by atoms with Crippen molar-refractivity contribution in [2.24, 2.45) is 4.99 Å². The Morgan fingerprint density at radius 1 is 1.25 bits per heavy atom. The van der Waals surface area contributed by atoms with Crippen LogP contribution < -0.4 is 5.32 Å². The summed E-state index contributed by atoms with van der Waals surface area (Å²) < 4.78 is 5.16. The van der Waals surface area contributed by atoms with Crippen molar-refractivity contribution < 1.29 is 14.0 Å². The average molecular weight is 335 g/mol. The number of guanidine groups is 1. The lowest BCUT2D eigenvalue weighted by atomic mass is 10.3. The van der Waals surface area contributed by atoms with Crippen LogP contribution in [0, 0.1) is 0 Å². The fourth-order valence-corrected chi connectivity index (χ4v) is 2.51. The molecule has 1 saturated heterocycles. The lowest BCUT2D eigenvalue weighted by Crippen LogP contribution is -2.54. The number of rotatable bonds is 4. The summed E-state index contributed by atoms with van der Waals surface area (Å²) in [5, 5.41) is 3.20. The molecule has 0 unspecified atom stereocenters. The topological polar surface area (TPSA) is 81.4 Å². The third-order valence-electron chi connectivity index (χ3n) is 3.93. The van der Waals surface area contributed by atoms with E-state index in [-0.39, 0.29) is 11.8 Å². The quantitative estimate of drug-likeness (QED) is 0.623. The molecule has 0 radical (unpaired) electrons. The Balaban J connectivity index is 1.79. The van der Waals surface area contributed by atoms with Gasteiger partial charge in [-0.1, -0.05) is 0 Å². The zero-order valence-corrected chi connectivity index (χ0v) is 14.5. The number of carbonyl (C=O) groups excluding carboxylic acids is 2. The molecular weight excluding hydrogens is 310 g/mol. The van der Waals surface area contributed by atoms with E-state index < -0.39 is 0 Å².